The van der Waals surface area contributed by atoms with Gasteiger partial charge < -0.3 is 10.1 Å². The third kappa shape index (κ3) is 4.05. The van der Waals surface area contributed by atoms with Crippen molar-refractivity contribution in [2.24, 2.45) is 0 Å². The molecule has 1 aromatic carbocycles. The van der Waals surface area contributed by atoms with Crippen LogP contribution in [0, 0.1) is 0 Å². The first-order valence-corrected chi connectivity index (χ1v) is 10.7. The number of aromatic nitrogens is 4. The Kier molecular flexibility index (Phi) is 5.30. The van der Waals surface area contributed by atoms with E-state index in [4.69, 9.17) is 33.0 Å². The van der Waals surface area contributed by atoms with Crippen LogP contribution in [0.1, 0.15) is 19.3 Å². The smallest absolute Gasteiger partial charge is 0.185 e. The van der Waals surface area contributed by atoms with E-state index in [9.17, 15) is 0 Å². The van der Waals surface area contributed by atoms with E-state index in [0.717, 1.165) is 56.9 Å². The number of hydrogen-bond acceptors (Lipinski definition) is 6. The fourth-order valence-corrected chi connectivity index (χ4v) is 4.68. The number of benzene rings is 1. The molecule has 0 radical (unpaired) electrons. The van der Waals surface area contributed by atoms with Crippen LogP contribution in [0.2, 0.25) is 10.0 Å². The number of piperidine rings is 1. The molecule has 152 valence electrons. The van der Waals surface area contributed by atoms with Crippen LogP contribution in [0.15, 0.2) is 30.3 Å². The molecule has 4 heterocycles. The summed E-state index contributed by atoms with van der Waals surface area (Å²) in [4.78, 5) is 2.56. The lowest BCUT2D eigenvalue weighted by atomic mass is 10.0. The summed E-state index contributed by atoms with van der Waals surface area (Å²) < 4.78 is 7.26. The Hall–Kier alpha value is -1.93. The van der Waals surface area contributed by atoms with Crippen LogP contribution in [0.3, 0.4) is 0 Å². The number of halogens is 2. The van der Waals surface area contributed by atoms with Crippen LogP contribution in [0.25, 0.3) is 17.0 Å². The molecule has 1 N–H and O–H groups in total. The van der Waals surface area contributed by atoms with Gasteiger partial charge in [0.15, 0.2) is 11.5 Å². The Morgan fingerprint density at radius 2 is 1.79 bits per heavy atom. The van der Waals surface area contributed by atoms with Crippen molar-refractivity contribution in [1.29, 1.82) is 0 Å². The standard InChI is InChI=1S/C20H22Cl2N6O/c21-14-9-13(10-15(22)11-14)20-25-24-19-2-1-18(26-28(19)20)23-16-3-6-27(7-4-16)17-5-8-29-12-17/h1-2,9-11,16-17H,3-8,12H2,(H,23,26). The molecule has 29 heavy (non-hydrogen) atoms. The van der Waals surface area contributed by atoms with E-state index in [2.05, 4.69) is 20.4 Å². The normalized spacial score (nSPS) is 21.1. The van der Waals surface area contributed by atoms with Crippen molar-refractivity contribution in [3.05, 3.63) is 40.4 Å². The van der Waals surface area contributed by atoms with Crippen LogP contribution in [-0.4, -0.2) is 63.1 Å². The van der Waals surface area contributed by atoms with Crippen LogP contribution in [0.5, 0.6) is 0 Å². The minimum Gasteiger partial charge on any atom is -0.380 e. The Morgan fingerprint density at radius 1 is 1.00 bits per heavy atom. The SMILES string of the molecule is Clc1cc(Cl)cc(-c2nnc3ccc(NC4CCN(C5CCOC5)CC4)nn23)c1. The number of nitrogens with zero attached hydrogens (tertiary/aromatic N) is 5. The number of rotatable bonds is 4. The maximum absolute atomic E-state index is 6.15. The predicted octanol–water partition coefficient (Wildman–Crippen LogP) is 3.76. The van der Waals surface area contributed by atoms with Crippen molar-refractivity contribution in [3.8, 4) is 11.4 Å². The van der Waals surface area contributed by atoms with E-state index in [1.807, 2.05) is 24.3 Å². The van der Waals surface area contributed by atoms with Gasteiger partial charge in [0.25, 0.3) is 0 Å². The van der Waals surface area contributed by atoms with Gasteiger partial charge in [0, 0.05) is 47.4 Å². The highest BCUT2D eigenvalue weighted by atomic mass is 35.5. The zero-order valence-corrected chi connectivity index (χ0v) is 17.4. The molecule has 1 atom stereocenters. The summed E-state index contributed by atoms with van der Waals surface area (Å²) in [7, 11) is 0. The second-order valence-corrected chi connectivity index (χ2v) is 8.52. The van der Waals surface area contributed by atoms with Gasteiger partial charge in [-0.1, -0.05) is 23.2 Å². The zero-order chi connectivity index (χ0) is 19.8. The van der Waals surface area contributed by atoms with Crippen molar-refractivity contribution in [3.63, 3.8) is 0 Å². The molecule has 2 fully saturated rings. The zero-order valence-electron chi connectivity index (χ0n) is 15.9. The number of anilines is 1. The molecule has 0 bridgehead atoms. The van der Waals surface area contributed by atoms with Crippen molar-refractivity contribution in [2.45, 2.75) is 31.3 Å². The Labute approximate surface area is 179 Å². The molecule has 0 spiro atoms. The number of fused-ring (bicyclic) bond motifs is 1. The summed E-state index contributed by atoms with van der Waals surface area (Å²) in [6.07, 6.45) is 3.34. The molecule has 1 unspecified atom stereocenters. The summed E-state index contributed by atoms with van der Waals surface area (Å²) in [5.74, 6) is 1.43. The Morgan fingerprint density at radius 3 is 2.52 bits per heavy atom. The van der Waals surface area contributed by atoms with E-state index in [-0.39, 0.29) is 0 Å². The van der Waals surface area contributed by atoms with E-state index in [1.54, 1.807) is 10.6 Å². The van der Waals surface area contributed by atoms with Crippen molar-refractivity contribution in [1.82, 2.24) is 24.7 Å². The number of nitrogens with one attached hydrogen (secondary N) is 1. The van der Waals surface area contributed by atoms with Crippen molar-refractivity contribution < 1.29 is 4.74 Å². The fraction of sp³-hybridized carbons (Fsp3) is 0.450. The van der Waals surface area contributed by atoms with Gasteiger partial charge in [0.2, 0.25) is 0 Å². The second kappa shape index (κ2) is 8.07. The third-order valence-electron chi connectivity index (χ3n) is 5.69. The number of likely N-dealkylation sites (tertiary alicyclic amines) is 1. The molecular formula is C20H22Cl2N6O. The topological polar surface area (TPSA) is 67.6 Å². The van der Waals surface area contributed by atoms with Gasteiger partial charge in [0.1, 0.15) is 5.82 Å². The molecule has 2 aliphatic heterocycles. The first-order valence-electron chi connectivity index (χ1n) is 9.93. The van der Waals surface area contributed by atoms with Crippen LogP contribution in [0.4, 0.5) is 5.82 Å². The van der Waals surface area contributed by atoms with Gasteiger partial charge in [0.05, 0.1) is 6.61 Å². The highest BCUT2D eigenvalue weighted by Gasteiger charge is 2.27. The van der Waals surface area contributed by atoms with Crippen molar-refractivity contribution in [2.75, 3.05) is 31.6 Å². The first-order chi connectivity index (χ1) is 14.2. The molecule has 2 saturated heterocycles. The monoisotopic (exact) mass is 432 g/mol. The average Bonchev–Trinajstić information content (AvgIpc) is 3.38. The summed E-state index contributed by atoms with van der Waals surface area (Å²) in [5.41, 5.74) is 1.46. The van der Waals surface area contributed by atoms with Gasteiger partial charge in [-0.3, -0.25) is 4.90 Å². The first kappa shape index (κ1) is 19.1. The third-order valence-corrected chi connectivity index (χ3v) is 6.12. The molecule has 5 rings (SSSR count). The van der Waals surface area contributed by atoms with Crippen LogP contribution >= 0.6 is 23.2 Å². The second-order valence-electron chi connectivity index (χ2n) is 7.64. The molecular weight excluding hydrogens is 411 g/mol. The average molecular weight is 433 g/mol. The fourth-order valence-electron chi connectivity index (χ4n) is 4.16. The quantitative estimate of drug-likeness (QED) is 0.676. The molecule has 0 amide bonds. The molecule has 2 aliphatic rings. The van der Waals surface area contributed by atoms with Gasteiger partial charge in [-0.2, -0.15) is 4.52 Å². The lowest BCUT2D eigenvalue weighted by molar-refractivity contribution is 0.124. The lowest BCUT2D eigenvalue weighted by Gasteiger charge is -2.35. The number of hydrogen-bond donors (Lipinski definition) is 1. The van der Waals surface area contributed by atoms with E-state index >= 15 is 0 Å². The molecule has 2 aromatic heterocycles. The summed E-state index contributed by atoms with van der Waals surface area (Å²) >= 11 is 12.3. The summed E-state index contributed by atoms with van der Waals surface area (Å²) in [6, 6.07) is 10.2. The Bertz CT molecular complexity index is 991. The highest BCUT2D eigenvalue weighted by Crippen LogP contribution is 2.27. The van der Waals surface area contributed by atoms with Gasteiger partial charge >= 0.3 is 0 Å². The minimum absolute atomic E-state index is 0.402. The molecule has 3 aromatic rings. The highest BCUT2D eigenvalue weighted by molar-refractivity contribution is 6.35. The van der Waals surface area contributed by atoms with Gasteiger partial charge in [-0.05, 0) is 49.6 Å². The minimum atomic E-state index is 0.402. The summed E-state index contributed by atoms with van der Waals surface area (Å²) in [5, 5.41) is 17.9. The van der Waals surface area contributed by atoms with Crippen LogP contribution in [-0.2, 0) is 4.74 Å². The van der Waals surface area contributed by atoms with E-state index in [0.29, 0.717) is 33.6 Å². The molecule has 7 nitrogen and oxygen atoms in total. The van der Waals surface area contributed by atoms with Gasteiger partial charge in [-0.15, -0.1) is 15.3 Å². The van der Waals surface area contributed by atoms with Gasteiger partial charge in [-0.25, -0.2) is 0 Å². The number of ether oxygens (including phenoxy) is 1. The molecule has 0 saturated carbocycles. The maximum atomic E-state index is 6.15. The van der Waals surface area contributed by atoms with E-state index < -0.39 is 0 Å². The molecule has 9 heteroatoms. The lowest BCUT2D eigenvalue weighted by Crippen LogP contribution is -2.45. The van der Waals surface area contributed by atoms with Crippen LogP contribution < -0.4 is 5.32 Å². The van der Waals surface area contributed by atoms with E-state index in [1.165, 1.54) is 0 Å². The Balaban J connectivity index is 1.32. The maximum Gasteiger partial charge on any atom is 0.185 e. The molecule has 0 aliphatic carbocycles. The summed E-state index contributed by atoms with van der Waals surface area (Å²) in [6.45, 7) is 3.95. The van der Waals surface area contributed by atoms with Crippen molar-refractivity contribution >= 4 is 34.7 Å². The predicted molar refractivity (Wildman–Crippen MR) is 114 cm³/mol. The largest absolute Gasteiger partial charge is 0.380 e.